The van der Waals surface area contributed by atoms with Crippen LogP contribution in [-0.4, -0.2) is 49.8 Å². The first kappa shape index (κ1) is 17.5. The topological polar surface area (TPSA) is 27.9 Å². The Hall–Kier alpha value is -1.34. The molecule has 0 bridgehead atoms. The van der Waals surface area contributed by atoms with E-state index in [9.17, 15) is 5.11 Å². The highest BCUT2D eigenvalue weighted by atomic mass is 16.3. The van der Waals surface area contributed by atoms with Gasteiger partial charge in [-0.3, -0.25) is 4.90 Å². The Balaban J connectivity index is 1.64. The Morgan fingerprint density at radius 2 is 1.79 bits per heavy atom. The summed E-state index contributed by atoms with van der Waals surface area (Å²) < 4.78 is 0. The van der Waals surface area contributed by atoms with Crippen LogP contribution in [0.25, 0.3) is 0 Å². The number of likely N-dealkylation sites (N-methyl/N-ethyl adjacent to an activating group) is 1. The molecule has 0 amide bonds. The molecular formula is C21H31N2O+. The van der Waals surface area contributed by atoms with E-state index in [0.717, 1.165) is 38.0 Å². The van der Waals surface area contributed by atoms with E-state index in [0.29, 0.717) is 12.3 Å². The smallest absolute Gasteiger partial charge is 0.103 e. The number of nitrogens with zero attached hydrogens (tertiary/aromatic N) is 1. The zero-order chi connectivity index (χ0) is 16.8. The van der Waals surface area contributed by atoms with Crippen LogP contribution >= 0.6 is 0 Å². The fraction of sp³-hybridized carbons (Fsp3) is 0.619. The van der Waals surface area contributed by atoms with Crippen LogP contribution in [0.15, 0.2) is 30.3 Å². The van der Waals surface area contributed by atoms with Crippen molar-refractivity contribution in [3.8, 4) is 11.8 Å². The summed E-state index contributed by atoms with van der Waals surface area (Å²) in [5.41, 5.74) is 0.256. The molecule has 130 valence electrons. The summed E-state index contributed by atoms with van der Waals surface area (Å²) in [6, 6.07) is 10.2. The summed E-state index contributed by atoms with van der Waals surface area (Å²) in [6.07, 6.45) is 5.26. The van der Waals surface area contributed by atoms with Crippen molar-refractivity contribution in [3.63, 3.8) is 0 Å². The number of quaternary nitrogens is 1. The first-order valence-electron chi connectivity index (χ1n) is 9.46. The first-order valence-corrected chi connectivity index (χ1v) is 9.46. The normalized spacial score (nSPS) is 22.8. The van der Waals surface area contributed by atoms with E-state index in [1.165, 1.54) is 25.9 Å². The summed E-state index contributed by atoms with van der Waals surface area (Å²) in [5, 5.41) is 11.4. The fourth-order valence-electron chi connectivity index (χ4n) is 4.07. The molecule has 1 aliphatic heterocycles. The highest BCUT2D eigenvalue weighted by Crippen LogP contribution is 2.42. The molecule has 2 aliphatic rings. The molecule has 1 aromatic carbocycles. The summed E-state index contributed by atoms with van der Waals surface area (Å²) in [5.74, 6) is 6.99. The lowest BCUT2D eigenvalue weighted by Gasteiger charge is -2.33. The predicted octanol–water partition coefficient (Wildman–Crippen LogP) is 1.29. The number of nitrogens with one attached hydrogen (secondary N) is 1. The third-order valence-electron chi connectivity index (χ3n) is 5.80. The van der Waals surface area contributed by atoms with Gasteiger partial charge in [0.1, 0.15) is 5.60 Å². The minimum absolute atomic E-state index is 0.349. The molecule has 3 heteroatoms. The highest BCUT2D eigenvalue weighted by Gasteiger charge is 2.39. The molecule has 0 spiro atoms. The monoisotopic (exact) mass is 327 g/mol. The zero-order valence-corrected chi connectivity index (χ0v) is 14.9. The number of hydrogen-bond donors (Lipinski definition) is 2. The number of rotatable bonds is 4. The Labute approximate surface area is 146 Å². The van der Waals surface area contributed by atoms with Gasteiger partial charge in [-0.1, -0.05) is 55.0 Å². The Morgan fingerprint density at radius 3 is 2.46 bits per heavy atom. The predicted molar refractivity (Wildman–Crippen MR) is 97.8 cm³/mol. The maximum atomic E-state index is 11.4. The van der Waals surface area contributed by atoms with E-state index in [-0.39, 0.29) is 0 Å². The molecular weight excluding hydrogens is 296 g/mol. The summed E-state index contributed by atoms with van der Waals surface area (Å²) in [7, 11) is 2.25. The first-order chi connectivity index (χ1) is 11.7. The van der Waals surface area contributed by atoms with Crippen molar-refractivity contribution in [3.05, 3.63) is 35.9 Å². The molecule has 2 fully saturated rings. The SMILES string of the molecule is C[NH+]1CCN(CC#CCC(O)(c2ccccc2)C2CCCC2)CC1. The van der Waals surface area contributed by atoms with Gasteiger partial charge in [0.25, 0.3) is 0 Å². The van der Waals surface area contributed by atoms with Crippen LogP contribution < -0.4 is 4.90 Å². The molecule has 0 radical (unpaired) electrons. The van der Waals surface area contributed by atoms with Gasteiger partial charge in [-0.2, -0.15) is 0 Å². The van der Waals surface area contributed by atoms with Crippen LogP contribution in [0.1, 0.15) is 37.7 Å². The van der Waals surface area contributed by atoms with Crippen molar-refractivity contribution in [1.29, 1.82) is 0 Å². The van der Waals surface area contributed by atoms with E-state index in [2.05, 4.69) is 35.9 Å². The van der Waals surface area contributed by atoms with Crippen LogP contribution in [0.4, 0.5) is 0 Å². The van der Waals surface area contributed by atoms with Crippen molar-refractivity contribution in [2.75, 3.05) is 39.8 Å². The minimum Gasteiger partial charge on any atom is -0.384 e. The Bertz CT molecular complexity index is 562. The van der Waals surface area contributed by atoms with Crippen molar-refractivity contribution < 1.29 is 10.0 Å². The van der Waals surface area contributed by atoms with E-state index >= 15 is 0 Å². The Morgan fingerprint density at radius 1 is 1.12 bits per heavy atom. The van der Waals surface area contributed by atoms with Gasteiger partial charge >= 0.3 is 0 Å². The van der Waals surface area contributed by atoms with E-state index in [1.54, 1.807) is 4.90 Å². The second kappa shape index (κ2) is 8.16. The lowest BCUT2D eigenvalue weighted by atomic mass is 9.78. The van der Waals surface area contributed by atoms with Crippen molar-refractivity contribution >= 4 is 0 Å². The van der Waals surface area contributed by atoms with Crippen molar-refractivity contribution in [1.82, 2.24) is 4.90 Å². The number of piperazine rings is 1. The molecule has 1 aliphatic carbocycles. The largest absolute Gasteiger partial charge is 0.384 e. The lowest BCUT2D eigenvalue weighted by Crippen LogP contribution is -3.11. The van der Waals surface area contributed by atoms with Gasteiger partial charge in [0.2, 0.25) is 0 Å². The van der Waals surface area contributed by atoms with Gasteiger partial charge < -0.3 is 10.0 Å². The zero-order valence-electron chi connectivity index (χ0n) is 14.9. The van der Waals surface area contributed by atoms with Crippen LogP contribution in [0.2, 0.25) is 0 Å². The standard InChI is InChI=1S/C21H30N2O/c1-22-15-17-23(18-16-22)14-8-7-13-21(24,20-11-5-6-12-20)19-9-3-2-4-10-19/h2-4,9-10,20,24H,5-6,11-18H2,1H3/p+1. The van der Waals surface area contributed by atoms with E-state index in [1.807, 2.05) is 18.2 Å². The maximum absolute atomic E-state index is 11.4. The second-order valence-electron chi connectivity index (χ2n) is 7.54. The molecule has 1 saturated carbocycles. The average Bonchev–Trinajstić information content (AvgIpc) is 3.16. The van der Waals surface area contributed by atoms with Crippen molar-refractivity contribution in [2.24, 2.45) is 5.92 Å². The lowest BCUT2D eigenvalue weighted by molar-refractivity contribution is -0.884. The molecule has 1 saturated heterocycles. The van der Waals surface area contributed by atoms with Gasteiger partial charge in [-0.05, 0) is 24.3 Å². The fourth-order valence-corrected chi connectivity index (χ4v) is 4.07. The van der Waals surface area contributed by atoms with Crippen molar-refractivity contribution in [2.45, 2.75) is 37.7 Å². The number of hydrogen-bond acceptors (Lipinski definition) is 2. The van der Waals surface area contributed by atoms with Crippen LogP contribution in [0, 0.1) is 17.8 Å². The van der Waals surface area contributed by atoms with E-state index in [4.69, 9.17) is 0 Å². The second-order valence-corrected chi connectivity index (χ2v) is 7.54. The number of benzene rings is 1. The van der Waals surface area contributed by atoms with Gasteiger partial charge in [0.05, 0.1) is 26.7 Å². The highest BCUT2D eigenvalue weighted by molar-refractivity contribution is 5.26. The third-order valence-corrected chi connectivity index (χ3v) is 5.80. The maximum Gasteiger partial charge on any atom is 0.103 e. The molecule has 1 unspecified atom stereocenters. The quantitative estimate of drug-likeness (QED) is 0.816. The van der Waals surface area contributed by atoms with Gasteiger partial charge in [0, 0.05) is 19.5 Å². The van der Waals surface area contributed by atoms with Gasteiger partial charge in [0.15, 0.2) is 0 Å². The summed E-state index contributed by atoms with van der Waals surface area (Å²) >= 11 is 0. The average molecular weight is 327 g/mol. The third kappa shape index (κ3) is 4.19. The molecule has 3 nitrogen and oxygen atoms in total. The molecule has 3 rings (SSSR count). The molecule has 1 aromatic rings. The van der Waals surface area contributed by atoms with Crippen LogP contribution in [-0.2, 0) is 5.60 Å². The molecule has 0 aromatic heterocycles. The Kier molecular flexibility index (Phi) is 5.94. The summed E-state index contributed by atoms with van der Waals surface area (Å²) in [6.45, 7) is 5.51. The van der Waals surface area contributed by atoms with Gasteiger partial charge in [-0.15, -0.1) is 0 Å². The molecule has 2 N–H and O–H groups in total. The van der Waals surface area contributed by atoms with Crippen LogP contribution in [0.3, 0.4) is 0 Å². The molecule has 1 atom stereocenters. The van der Waals surface area contributed by atoms with Crippen LogP contribution in [0.5, 0.6) is 0 Å². The summed E-state index contributed by atoms with van der Waals surface area (Å²) in [4.78, 5) is 4.04. The molecule has 1 heterocycles. The van der Waals surface area contributed by atoms with Gasteiger partial charge in [-0.25, -0.2) is 0 Å². The molecule has 24 heavy (non-hydrogen) atoms. The minimum atomic E-state index is -0.781. The number of aliphatic hydroxyl groups is 1. The van der Waals surface area contributed by atoms with E-state index < -0.39 is 5.60 Å².